The Kier molecular flexibility index (Phi) is 3.99. The molecule has 0 aliphatic rings. The average Bonchev–Trinajstić information content (AvgIpc) is 2.55. The van der Waals surface area contributed by atoms with Crippen molar-refractivity contribution < 1.29 is 14.6 Å². The van der Waals surface area contributed by atoms with Gasteiger partial charge >= 0.3 is 0 Å². The third-order valence-electron chi connectivity index (χ3n) is 1.97. The van der Waals surface area contributed by atoms with Gasteiger partial charge in [0.25, 0.3) is 0 Å². The van der Waals surface area contributed by atoms with Crippen LogP contribution in [0.2, 0.25) is 0 Å². The van der Waals surface area contributed by atoms with Crippen molar-refractivity contribution >= 4 is 0 Å². The molecule has 1 aromatic heterocycles. The number of rotatable bonds is 5. The number of hydrogen-bond donors (Lipinski definition) is 2. The van der Waals surface area contributed by atoms with Crippen molar-refractivity contribution in [1.82, 2.24) is 0 Å². The fraction of sp³-hybridized carbons (Fsp3) is 0.600. The van der Waals surface area contributed by atoms with Crippen LogP contribution in [0.5, 0.6) is 0 Å². The second-order valence-corrected chi connectivity index (χ2v) is 3.31. The minimum Gasteiger partial charge on any atom is -0.467 e. The molecule has 0 aliphatic heterocycles. The fourth-order valence-corrected chi connectivity index (χ4v) is 1.23. The van der Waals surface area contributed by atoms with Crippen molar-refractivity contribution in [2.45, 2.75) is 38.4 Å². The molecule has 2 N–H and O–H groups in total. The summed E-state index contributed by atoms with van der Waals surface area (Å²) < 4.78 is 5.04. The summed E-state index contributed by atoms with van der Waals surface area (Å²) in [7, 11) is 0. The second-order valence-electron chi connectivity index (χ2n) is 3.31. The molecule has 1 rings (SSSR count). The van der Waals surface area contributed by atoms with E-state index < -0.39 is 6.10 Å². The Morgan fingerprint density at radius 1 is 1.38 bits per heavy atom. The van der Waals surface area contributed by atoms with Crippen LogP contribution in [0.25, 0.3) is 0 Å². The zero-order valence-corrected chi connectivity index (χ0v) is 7.81. The molecule has 0 aliphatic carbocycles. The summed E-state index contributed by atoms with van der Waals surface area (Å²) in [6, 6.07) is 3.51. The van der Waals surface area contributed by atoms with Gasteiger partial charge in [0.2, 0.25) is 0 Å². The molecule has 0 radical (unpaired) electrons. The lowest BCUT2D eigenvalue weighted by molar-refractivity contribution is 0.124. The first-order valence-electron chi connectivity index (χ1n) is 4.59. The first-order valence-corrected chi connectivity index (χ1v) is 4.59. The lowest BCUT2D eigenvalue weighted by atomic mass is 10.1. The number of hydrogen-bond acceptors (Lipinski definition) is 3. The number of furan rings is 1. The van der Waals surface area contributed by atoms with E-state index in [2.05, 4.69) is 0 Å². The minimum absolute atomic E-state index is 0.288. The van der Waals surface area contributed by atoms with Crippen molar-refractivity contribution in [1.29, 1.82) is 0 Å². The minimum atomic E-state index is -0.534. The monoisotopic (exact) mass is 184 g/mol. The van der Waals surface area contributed by atoms with E-state index in [1.807, 2.05) is 0 Å². The maximum Gasteiger partial charge on any atom is 0.132 e. The highest BCUT2D eigenvalue weighted by molar-refractivity contribution is 5.01. The van der Waals surface area contributed by atoms with Crippen LogP contribution in [0.4, 0.5) is 0 Å². The molecule has 2 atom stereocenters. The smallest absolute Gasteiger partial charge is 0.132 e. The molecule has 0 amide bonds. The molecule has 0 spiro atoms. The third kappa shape index (κ3) is 3.61. The lowest BCUT2D eigenvalue weighted by Crippen LogP contribution is -2.01. The van der Waals surface area contributed by atoms with Gasteiger partial charge in [0.15, 0.2) is 0 Å². The van der Waals surface area contributed by atoms with E-state index in [1.165, 1.54) is 0 Å². The summed E-state index contributed by atoms with van der Waals surface area (Å²) in [6.45, 7) is 1.75. The molecule has 1 heterocycles. The molecular weight excluding hydrogens is 168 g/mol. The summed E-state index contributed by atoms with van der Waals surface area (Å²) in [6.07, 6.45) is 2.89. The zero-order valence-electron chi connectivity index (χ0n) is 7.81. The van der Waals surface area contributed by atoms with Gasteiger partial charge in [-0.3, -0.25) is 0 Å². The first kappa shape index (κ1) is 10.3. The molecule has 3 heteroatoms. The highest BCUT2D eigenvalue weighted by atomic mass is 16.4. The Bertz CT molecular complexity index is 216. The van der Waals surface area contributed by atoms with Gasteiger partial charge in [-0.15, -0.1) is 0 Å². The molecule has 0 fully saturated rings. The van der Waals surface area contributed by atoms with E-state index in [0.29, 0.717) is 12.2 Å². The Balaban J connectivity index is 2.22. The third-order valence-corrected chi connectivity index (χ3v) is 1.97. The van der Waals surface area contributed by atoms with Crippen LogP contribution in [-0.4, -0.2) is 16.3 Å². The average molecular weight is 184 g/mol. The van der Waals surface area contributed by atoms with Crippen molar-refractivity contribution in [3.63, 3.8) is 0 Å². The number of aliphatic hydroxyl groups excluding tert-OH is 2. The van der Waals surface area contributed by atoms with Crippen LogP contribution in [0.3, 0.4) is 0 Å². The van der Waals surface area contributed by atoms with Crippen LogP contribution >= 0.6 is 0 Å². The predicted octanol–water partition coefficient (Wildman–Crippen LogP) is 1.86. The largest absolute Gasteiger partial charge is 0.467 e. The van der Waals surface area contributed by atoms with Crippen LogP contribution in [-0.2, 0) is 0 Å². The highest BCUT2D eigenvalue weighted by Gasteiger charge is 2.09. The van der Waals surface area contributed by atoms with Crippen molar-refractivity contribution in [3.8, 4) is 0 Å². The van der Waals surface area contributed by atoms with E-state index in [-0.39, 0.29) is 6.10 Å². The molecule has 1 unspecified atom stereocenters. The fourth-order valence-electron chi connectivity index (χ4n) is 1.23. The van der Waals surface area contributed by atoms with E-state index >= 15 is 0 Å². The molecule has 0 saturated carbocycles. The molecule has 3 nitrogen and oxygen atoms in total. The summed E-state index contributed by atoms with van der Waals surface area (Å²) >= 11 is 0. The quantitative estimate of drug-likeness (QED) is 0.734. The first-order chi connectivity index (χ1) is 6.20. The Morgan fingerprint density at radius 3 is 2.69 bits per heavy atom. The second kappa shape index (κ2) is 5.04. The molecule has 74 valence electrons. The normalized spacial score (nSPS) is 15.6. The van der Waals surface area contributed by atoms with Crippen molar-refractivity contribution in [2.24, 2.45) is 0 Å². The highest BCUT2D eigenvalue weighted by Crippen LogP contribution is 2.19. The van der Waals surface area contributed by atoms with E-state index in [4.69, 9.17) is 9.52 Å². The van der Waals surface area contributed by atoms with E-state index in [0.717, 1.165) is 12.8 Å². The molecular formula is C10H16O3. The van der Waals surface area contributed by atoms with Crippen LogP contribution in [0, 0.1) is 0 Å². The van der Waals surface area contributed by atoms with Crippen molar-refractivity contribution in [3.05, 3.63) is 24.2 Å². The van der Waals surface area contributed by atoms with Crippen LogP contribution in [0.15, 0.2) is 22.8 Å². The molecule has 1 aromatic rings. The zero-order chi connectivity index (χ0) is 9.68. The maximum absolute atomic E-state index is 9.55. The van der Waals surface area contributed by atoms with Gasteiger partial charge in [0, 0.05) is 0 Å². The molecule has 0 bridgehead atoms. The Hall–Kier alpha value is -0.800. The van der Waals surface area contributed by atoms with Gasteiger partial charge in [0.05, 0.1) is 12.4 Å². The standard InChI is InChI=1S/C10H16O3/c1-8(11)4-2-5-9(12)10-6-3-7-13-10/h3,6-9,11-12H,2,4-5H2,1H3/t8-,9?/m0/s1. The molecule has 13 heavy (non-hydrogen) atoms. The summed E-state index contributed by atoms with van der Waals surface area (Å²) in [5.74, 6) is 0.602. The summed E-state index contributed by atoms with van der Waals surface area (Å²) in [4.78, 5) is 0. The molecule has 0 aromatic carbocycles. The van der Waals surface area contributed by atoms with Gasteiger partial charge in [-0.2, -0.15) is 0 Å². The Labute approximate surface area is 78.0 Å². The lowest BCUT2D eigenvalue weighted by Gasteiger charge is -2.08. The topological polar surface area (TPSA) is 53.6 Å². The van der Waals surface area contributed by atoms with Gasteiger partial charge < -0.3 is 14.6 Å². The van der Waals surface area contributed by atoms with E-state index in [9.17, 15) is 5.11 Å². The Morgan fingerprint density at radius 2 is 2.15 bits per heavy atom. The van der Waals surface area contributed by atoms with Gasteiger partial charge in [-0.25, -0.2) is 0 Å². The van der Waals surface area contributed by atoms with Crippen LogP contribution in [0.1, 0.15) is 38.1 Å². The number of aliphatic hydroxyl groups is 2. The van der Waals surface area contributed by atoms with E-state index in [1.54, 1.807) is 25.3 Å². The van der Waals surface area contributed by atoms with Crippen molar-refractivity contribution in [2.75, 3.05) is 0 Å². The van der Waals surface area contributed by atoms with Gasteiger partial charge in [-0.05, 0) is 38.3 Å². The van der Waals surface area contributed by atoms with Gasteiger partial charge in [-0.1, -0.05) is 0 Å². The molecule has 0 saturated heterocycles. The summed E-state index contributed by atoms with van der Waals surface area (Å²) in [5.41, 5.74) is 0. The van der Waals surface area contributed by atoms with Gasteiger partial charge in [0.1, 0.15) is 11.9 Å². The maximum atomic E-state index is 9.55. The predicted molar refractivity (Wildman–Crippen MR) is 49.2 cm³/mol. The van der Waals surface area contributed by atoms with Crippen LogP contribution < -0.4 is 0 Å². The SMILES string of the molecule is C[C@H](O)CCCC(O)c1ccco1. The summed E-state index contributed by atoms with van der Waals surface area (Å²) in [5, 5.41) is 18.5.